The molecule has 146 valence electrons. The van der Waals surface area contributed by atoms with Crippen LogP contribution in [0.15, 0.2) is 12.1 Å². The molecule has 1 aromatic carbocycles. The molecule has 0 saturated heterocycles. The molecule has 0 fully saturated rings. The summed E-state index contributed by atoms with van der Waals surface area (Å²) in [6.07, 6.45) is 5.07. The predicted octanol–water partition coefficient (Wildman–Crippen LogP) is 4.69. The minimum Gasteiger partial charge on any atom is -0.444 e. The van der Waals surface area contributed by atoms with Crippen molar-refractivity contribution in [1.82, 2.24) is 9.88 Å². The van der Waals surface area contributed by atoms with Gasteiger partial charge in [-0.1, -0.05) is 6.08 Å². The SMILES string of the molecule is CC(C)(C)OC(=O)N1CCC=C(c2c(F)cc(C#N)c3[nH]c4c(c23)CCC4)C1. The summed E-state index contributed by atoms with van der Waals surface area (Å²) in [4.78, 5) is 17.5. The van der Waals surface area contributed by atoms with Crippen molar-refractivity contribution in [2.75, 3.05) is 13.1 Å². The van der Waals surface area contributed by atoms with Crippen LogP contribution in [0.5, 0.6) is 0 Å². The number of ether oxygens (including phenoxy) is 1. The number of hydrogen-bond acceptors (Lipinski definition) is 3. The van der Waals surface area contributed by atoms with Crippen molar-refractivity contribution in [3.8, 4) is 6.07 Å². The number of rotatable bonds is 1. The first-order chi connectivity index (χ1) is 13.3. The molecule has 2 aliphatic rings. The van der Waals surface area contributed by atoms with Crippen molar-refractivity contribution in [2.45, 2.75) is 52.1 Å². The summed E-state index contributed by atoms with van der Waals surface area (Å²) < 4.78 is 20.6. The molecule has 0 spiro atoms. The molecule has 5 nitrogen and oxygen atoms in total. The minimum absolute atomic E-state index is 0.298. The van der Waals surface area contributed by atoms with E-state index >= 15 is 4.39 Å². The number of halogens is 1. The molecule has 2 aromatic rings. The van der Waals surface area contributed by atoms with Crippen molar-refractivity contribution < 1.29 is 13.9 Å². The van der Waals surface area contributed by atoms with E-state index < -0.39 is 11.4 Å². The van der Waals surface area contributed by atoms with Crippen molar-refractivity contribution in [3.63, 3.8) is 0 Å². The van der Waals surface area contributed by atoms with E-state index in [4.69, 9.17) is 4.74 Å². The van der Waals surface area contributed by atoms with E-state index in [0.717, 1.165) is 41.5 Å². The summed E-state index contributed by atoms with van der Waals surface area (Å²) in [7, 11) is 0. The van der Waals surface area contributed by atoms with Gasteiger partial charge in [-0.15, -0.1) is 0 Å². The number of H-pyrrole nitrogens is 1. The first-order valence-electron chi connectivity index (χ1n) is 9.72. The summed E-state index contributed by atoms with van der Waals surface area (Å²) in [5, 5.41) is 10.3. The van der Waals surface area contributed by atoms with Gasteiger partial charge in [0.15, 0.2) is 0 Å². The molecule has 1 amide bonds. The molecule has 4 rings (SSSR count). The van der Waals surface area contributed by atoms with Gasteiger partial charge >= 0.3 is 6.09 Å². The van der Waals surface area contributed by atoms with Gasteiger partial charge in [-0.05, 0) is 63.7 Å². The largest absolute Gasteiger partial charge is 0.444 e. The number of carbonyl (C=O) groups is 1. The second-order valence-corrected chi connectivity index (χ2v) is 8.50. The predicted molar refractivity (Wildman–Crippen MR) is 105 cm³/mol. The van der Waals surface area contributed by atoms with Gasteiger partial charge in [0.2, 0.25) is 0 Å². The topological polar surface area (TPSA) is 69.1 Å². The number of aryl methyl sites for hydroxylation is 2. The number of nitrogens with one attached hydrogen (secondary N) is 1. The molecule has 2 heterocycles. The van der Waals surface area contributed by atoms with Gasteiger partial charge in [0.05, 0.1) is 11.1 Å². The van der Waals surface area contributed by atoms with Crippen LogP contribution >= 0.6 is 0 Å². The van der Waals surface area contributed by atoms with E-state index in [9.17, 15) is 10.1 Å². The second kappa shape index (κ2) is 6.66. The monoisotopic (exact) mass is 381 g/mol. The van der Waals surface area contributed by atoms with Crippen LogP contribution in [0, 0.1) is 17.1 Å². The number of benzene rings is 1. The summed E-state index contributed by atoms with van der Waals surface area (Å²) in [6.45, 7) is 6.34. The maximum Gasteiger partial charge on any atom is 0.410 e. The quantitative estimate of drug-likeness (QED) is 0.779. The lowest BCUT2D eigenvalue weighted by atomic mass is 9.93. The number of fused-ring (bicyclic) bond motifs is 3. The fourth-order valence-electron chi connectivity index (χ4n) is 4.20. The van der Waals surface area contributed by atoms with E-state index in [1.165, 1.54) is 6.07 Å². The Morgan fingerprint density at radius 2 is 2.14 bits per heavy atom. The minimum atomic E-state index is -0.577. The summed E-state index contributed by atoms with van der Waals surface area (Å²) in [5.74, 6) is -0.407. The Morgan fingerprint density at radius 1 is 1.36 bits per heavy atom. The average Bonchev–Trinajstić information content (AvgIpc) is 3.21. The number of carbonyl (C=O) groups excluding carboxylic acids is 1. The van der Waals surface area contributed by atoms with Crippen molar-refractivity contribution in [3.05, 3.63) is 40.3 Å². The fourth-order valence-corrected chi connectivity index (χ4v) is 4.20. The van der Waals surface area contributed by atoms with Gasteiger partial charge in [0, 0.05) is 29.7 Å². The van der Waals surface area contributed by atoms with Crippen LogP contribution in [-0.4, -0.2) is 34.7 Å². The first-order valence-corrected chi connectivity index (χ1v) is 9.72. The number of nitrogens with zero attached hydrogens (tertiary/aromatic N) is 2. The van der Waals surface area contributed by atoms with E-state index in [1.807, 2.05) is 26.8 Å². The van der Waals surface area contributed by atoms with Gasteiger partial charge in [0.25, 0.3) is 0 Å². The molecule has 0 bridgehead atoms. The standard InChI is InChI=1S/C22H24FN3O2/c1-22(2,3)28-21(27)26-9-5-6-13(12-26)18-16(23)10-14(11-24)20-19(18)15-7-4-8-17(15)25-20/h6,10,25H,4-5,7-9,12H2,1-3H3. The molecule has 1 aromatic heterocycles. The first kappa shape index (κ1) is 18.5. The highest BCUT2D eigenvalue weighted by Gasteiger charge is 2.29. The molecule has 0 radical (unpaired) electrons. The molecular weight excluding hydrogens is 357 g/mol. The van der Waals surface area contributed by atoms with E-state index in [1.54, 1.807) is 4.90 Å². The molecule has 6 heteroatoms. The number of amides is 1. The van der Waals surface area contributed by atoms with Crippen LogP contribution in [0.25, 0.3) is 16.5 Å². The molecule has 0 saturated carbocycles. The third-order valence-corrected chi connectivity index (χ3v) is 5.32. The highest BCUT2D eigenvalue weighted by atomic mass is 19.1. The van der Waals surface area contributed by atoms with Crippen molar-refractivity contribution in [2.24, 2.45) is 0 Å². The lowest BCUT2D eigenvalue weighted by molar-refractivity contribution is 0.0273. The van der Waals surface area contributed by atoms with Crippen molar-refractivity contribution in [1.29, 1.82) is 5.26 Å². The smallest absolute Gasteiger partial charge is 0.410 e. The molecule has 0 unspecified atom stereocenters. The van der Waals surface area contributed by atoms with Gasteiger partial charge < -0.3 is 14.6 Å². The van der Waals surface area contributed by atoms with E-state index in [0.29, 0.717) is 36.2 Å². The fraction of sp³-hybridized carbons (Fsp3) is 0.455. The summed E-state index contributed by atoms with van der Waals surface area (Å²) >= 11 is 0. The number of nitriles is 1. The zero-order chi connectivity index (χ0) is 20.1. The maximum absolute atomic E-state index is 15.2. The van der Waals surface area contributed by atoms with E-state index in [-0.39, 0.29) is 6.09 Å². The Labute approximate surface area is 163 Å². The molecule has 0 atom stereocenters. The van der Waals surface area contributed by atoms with Gasteiger partial charge in [-0.3, -0.25) is 0 Å². The molecule has 1 aliphatic heterocycles. The number of aromatic amines is 1. The highest BCUT2D eigenvalue weighted by molar-refractivity contribution is 5.99. The Hall–Kier alpha value is -2.81. The zero-order valence-electron chi connectivity index (χ0n) is 16.5. The highest BCUT2D eigenvalue weighted by Crippen LogP contribution is 2.39. The third-order valence-electron chi connectivity index (χ3n) is 5.32. The molecule has 1 N–H and O–H groups in total. The maximum atomic E-state index is 15.2. The lowest BCUT2D eigenvalue weighted by Crippen LogP contribution is -2.39. The Morgan fingerprint density at radius 3 is 2.86 bits per heavy atom. The molecular formula is C22H24FN3O2. The number of hydrogen-bond donors (Lipinski definition) is 1. The van der Waals surface area contributed by atoms with Crippen LogP contribution in [-0.2, 0) is 17.6 Å². The molecule has 28 heavy (non-hydrogen) atoms. The molecule has 1 aliphatic carbocycles. The normalized spacial score (nSPS) is 16.7. The Balaban J connectivity index is 1.77. The lowest BCUT2D eigenvalue weighted by Gasteiger charge is -2.30. The van der Waals surface area contributed by atoms with Crippen LogP contribution in [0.2, 0.25) is 0 Å². The van der Waals surface area contributed by atoms with Gasteiger partial charge in [-0.2, -0.15) is 5.26 Å². The van der Waals surface area contributed by atoms with Crippen molar-refractivity contribution >= 4 is 22.6 Å². The number of aromatic nitrogens is 1. The van der Waals surface area contributed by atoms with Gasteiger partial charge in [0.1, 0.15) is 17.5 Å². The van der Waals surface area contributed by atoms with Crippen LogP contribution in [0.4, 0.5) is 9.18 Å². The van der Waals surface area contributed by atoms with Crippen LogP contribution in [0.3, 0.4) is 0 Å². The zero-order valence-corrected chi connectivity index (χ0v) is 16.5. The van der Waals surface area contributed by atoms with Crippen LogP contribution < -0.4 is 0 Å². The summed E-state index contributed by atoms with van der Waals surface area (Å²) in [5.41, 5.74) is 3.95. The average molecular weight is 381 g/mol. The Bertz CT molecular complexity index is 1040. The van der Waals surface area contributed by atoms with Gasteiger partial charge in [-0.25, -0.2) is 9.18 Å². The second-order valence-electron chi connectivity index (χ2n) is 8.50. The van der Waals surface area contributed by atoms with E-state index in [2.05, 4.69) is 11.1 Å². The Kier molecular flexibility index (Phi) is 4.41. The van der Waals surface area contributed by atoms with Crippen LogP contribution in [0.1, 0.15) is 56.0 Å². The third kappa shape index (κ3) is 3.15. The summed E-state index contributed by atoms with van der Waals surface area (Å²) in [6, 6.07) is 3.41.